The van der Waals surface area contributed by atoms with Gasteiger partial charge in [-0.1, -0.05) is 19.3 Å². The number of Topliss-reactive ketones (excluding diaryl/α,β-unsaturated/α-hetero) is 1. The number of furan rings is 1. The third-order valence-electron chi connectivity index (χ3n) is 7.54. The molecule has 2 amide bonds. The van der Waals surface area contributed by atoms with Crippen LogP contribution in [0, 0.1) is 0 Å². The van der Waals surface area contributed by atoms with Crippen LogP contribution in [0.3, 0.4) is 0 Å². The molecule has 1 aliphatic heterocycles. The predicted octanol–water partition coefficient (Wildman–Crippen LogP) is 5.07. The van der Waals surface area contributed by atoms with Gasteiger partial charge in [0.05, 0.1) is 33.3 Å². The molecule has 5 rings (SSSR count). The molecule has 1 aliphatic carbocycles. The molecule has 222 valence electrons. The average Bonchev–Trinajstić information content (AvgIpc) is 3.71. The van der Waals surface area contributed by atoms with Crippen LogP contribution in [0.15, 0.2) is 47.1 Å². The fourth-order valence-electron chi connectivity index (χ4n) is 5.50. The highest BCUT2D eigenvalue weighted by Gasteiger charge is 2.39. The van der Waals surface area contributed by atoms with E-state index in [4.69, 9.17) is 28.1 Å². The Morgan fingerprint density at radius 2 is 1.60 bits per heavy atom. The first-order valence-corrected chi connectivity index (χ1v) is 13.8. The molecule has 0 radical (unpaired) electrons. The van der Waals surface area contributed by atoms with E-state index in [0.717, 1.165) is 32.1 Å². The van der Waals surface area contributed by atoms with Crippen molar-refractivity contribution in [1.82, 2.24) is 5.32 Å². The van der Waals surface area contributed by atoms with Crippen LogP contribution >= 0.6 is 0 Å². The van der Waals surface area contributed by atoms with Crippen LogP contribution in [-0.4, -0.2) is 51.8 Å². The van der Waals surface area contributed by atoms with Crippen molar-refractivity contribution < 1.29 is 42.5 Å². The van der Waals surface area contributed by atoms with E-state index >= 15 is 0 Å². The number of hydrogen-bond donors (Lipinski definition) is 1. The van der Waals surface area contributed by atoms with Crippen LogP contribution in [0.2, 0.25) is 0 Å². The molecule has 0 saturated heterocycles. The third-order valence-corrected chi connectivity index (χ3v) is 7.54. The number of fused-ring (bicyclic) bond motifs is 1. The Morgan fingerprint density at radius 3 is 2.17 bits per heavy atom. The second-order valence-corrected chi connectivity index (χ2v) is 10.1. The van der Waals surface area contributed by atoms with Gasteiger partial charge in [-0.05, 0) is 55.7 Å². The first kappa shape index (κ1) is 28.8. The topological polar surface area (TPSA) is 126 Å². The number of methoxy groups -OCH3 is 3. The summed E-state index contributed by atoms with van der Waals surface area (Å²) in [5, 5.41) is 3.16. The Morgan fingerprint density at radius 1 is 0.929 bits per heavy atom. The second kappa shape index (κ2) is 12.5. The lowest BCUT2D eigenvalue weighted by molar-refractivity contribution is -0.123. The van der Waals surface area contributed by atoms with Crippen molar-refractivity contribution in [3.8, 4) is 28.7 Å². The van der Waals surface area contributed by atoms with Crippen LogP contribution in [0.4, 0.5) is 5.69 Å². The summed E-state index contributed by atoms with van der Waals surface area (Å²) in [6.07, 6.45) is 6.10. The Balaban J connectivity index is 1.75. The summed E-state index contributed by atoms with van der Waals surface area (Å²) in [5.74, 6) is 0.181. The molecule has 2 aromatic carbocycles. The first-order chi connectivity index (χ1) is 20.4. The minimum atomic E-state index is -1.28. The van der Waals surface area contributed by atoms with Crippen LogP contribution in [0.5, 0.6) is 28.7 Å². The van der Waals surface area contributed by atoms with Gasteiger partial charge in [0.2, 0.25) is 18.4 Å². The number of ether oxygens (including phenoxy) is 5. The number of ketones is 1. The number of nitrogens with one attached hydrogen (secondary N) is 1. The van der Waals surface area contributed by atoms with Gasteiger partial charge in [0.15, 0.2) is 34.5 Å². The summed E-state index contributed by atoms with van der Waals surface area (Å²) in [4.78, 5) is 42.9. The summed E-state index contributed by atoms with van der Waals surface area (Å²) >= 11 is 0. The maximum atomic E-state index is 14.4. The minimum absolute atomic E-state index is 0.0231. The number of rotatable bonds is 10. The molecule has 1 atom stereocenters. The van der Waals surface area contributed by atoms with Crippen molar-refractivity contribution in [3.63, 3.8) is 0 Å². The fourth-order valence-corrected chi connectivity index (χ4v) is 5.50. The SMILES string of the molecule is COc1cc([C@H](C(=O)NC2CCCCC2)N(C(=O)c2ccco2)c2cc3c(cc2C(C)=O)OCO3)cc(OC)c1OC. The number of hydrogen-bond acceptors (Lipinski definition) is 9. The molecular formula is C31H34N2O9. The predicted molar refractivity (Wildman–Crippen MR) is 152 cm³/mol. The average molecular weight is 579 g/mol. The minimum Gasteiger partial charge on any atom is -0.493 e. The van der Waals surface area contributed by atoms with Gasteiger partial charge >= 0.3 is 0 Å². The molecule has 0 spiro atoms. The van der Waals surface area contributed by atoms with Gasteiger partial charge in [-0.15, -0.1) is 0 Å². The number of carbonyl (C=O) groups excluding carboxylic acids is 3. The van der Waals surface area contributed by atoms with E-state index in [0.29, 0.717) is 34.3 Å². The monoisotopic (exact) mass is 578 g/mol. The zero-order valence-corrected chi connectivity index (χ0v) is 24.1. The molecule has 2 heterocycles. The van der Waals surface area contributed by atoms with Crippen LogP contribution in [0.1, 0.15) is 71.5 Å². The van der Waals surface area contributed by atoms with Crippen LogP contribution in [-0.2, 0) is 4.79 Å². The zero-order chi connectivity index (χ0) is 29.8. The third kappa shape index (κ3) is 5.59. The summed E-state index contributed by atoms with van der Waals surface area (Å²) in [6, 6.07) is 8.03. The van der Waals surface area contributed by atoms with Gasteiger partial charge in [-0.2, -0.15) is 0 Å². The second-order valence-electron chi connectivity index (χ2n) is 10.1. The van der Waals surface area contributed by atoms with Crippen molar-refractivity contribution in [1.29, 1.82) is 0 Å². The quantitative estimate of drug-likeness (QED) is 0.328. The number of benzene rings is 2. The largest absolute Gasteiger partial charge is 0.493 e. The fraction of sp³-hybridized carbons (Fsp3) is 0.387. The normalized spacial score (nSPS) is 15.0. The molecule has 0 bridgehead atoms. The van der Waals surface area contributed by atoms with E-state index in [-0.39, 0.29) is 35.6 Å². The molecular weight excluding hydrogens is 544 g/mol. The van der Waals surface area contributed by atoms with Gasteiger partial charge in [0.25, 0.3) is 5.91 Å². The Hall–Kier alpha value is -4.67. The van der Waals surface area contributed by atoms with Crippen molar-refractivity contribution >= 4 is 23.3 Å². The summed E-state index contributed by atoms with van der Waals surface area (Å²) in [5.41, 5.74) is 0.692. The first-order valence-electron chi connectivity index (χ1n) is 13.8. The van der Waals surface area contributed by atoms with Crippen molar-refractivity contribution in [2.75, 3.05) is 33.0 Å². The van der Waals surface area contributed by atoms with Crippen LogP contribution < -0.4 is 33.9 Å². The lowest BCUT2D eigenvalue weighted by Gasteiger charge is -2.34. The Kier molecular flexibility index (Phi) is 8.56. The number of amides is 2. The van der Waals surface area contributed by atoms with Gasteiger partial charge in [0, 0.05) is 17.7 Å². The maximum absolute atomic E-state index is 14.4. The van der Waals surface area contributed by atoms with Crippen molar-refractivity contribution in [2.45, 2.75) is 51.1 Å². The lowest BCUT2D eigenvalue weighted by atomic mass is 9.94. The molecule has 42 heavy (non-hydrogen) atoms. The Bertz CT molecular complexity index is 1440. The summed E-state index contributed by atoms with van der Waals surface area (Å²) in [6.45, 7) is 1.34. The van der Waals surface area contributed by atoms with E-state index in [1.54, 1.807) is 24.3 Å². The highest BCUT2D eigenvalue weighted by atomic mass is 16.7. The van der Waals surface area contributed by atoms with E-state index in [1.165, 1.54) is 51.5 Å². The highest BCUT2D eigenvalue weighted by Crippen LogP contribution is 2.45. The molecule has 2 aliphatic rings. The molecule has 1 saturated carbocycles. The van der Waals surface area contributed by atoms with E-state index in [9.17, 15) is 14.4 Å². The van der Waals surface area contributed by atoms with Gasteiger partial charge in [-0.3, -0.25) is 19.3 Å². The van der Waals surface area contributed by atoms with Crippen molar-refractivity contribution in [3.05, 3.63) is 59.5 Å². The van der Waals surface area contributed by atoms with E-state index in [2.05, 4.69) is 5.32 Å². The smallest absolute Gasteiger partial charge is 0.294 e. The maximum Gasteiger partial charge on any atom is 0.294 e. The molecule has 11 heteroatoms. The summed E-state index contributed by atoms with van der Waals surface area (Å²) < 4.78 is 33.3. The molecule has 1 fully saturated rings. The van der Waals surface area contributed by atoms with Gasteiger partial charge < -0.3 is 33.4 Å². The number of nitrogens with zero attached hydrogens (tertiary/aromatic N) is 1. The molecule has 11 nitrogen and oxygen atoms in total. The molecule has 3 aromatic rings. The summed E-state index contributed by atoms with van der Waals surface area (Å²) in [7, 11) is 4.41. The lowest BCUT2D eigenvalue weighted by Crippen LogP contribution is -2.47. The van der Waals surface area contributed by atoms with Crippen LogP contribution in [0.25, 0.3) is 0 Å². The standard InChI is InChI=1S/C31H34N2O9/c1-18(34)21-15-24-25(42-17-41-24)16-22(21)33(31(36)23-11-8-12-40-23)28(30(35)32-20-9-6-5-7-10-20)19-13-26(37-2)29(39-4)27(14-19)38-3/h8,11-16,20,28H,5-7,9-10,17H2,1-4H3,(H,32,35)/t28-/m1/s1. The van der Waals surface area contributed by atoms with E-state index in [1.807, 2.05) is 0 Å². The number of anilines is 1. The van der Waals surface area contributed by atoms with E-state index < -0.39 is 17.9 Å². The molecule has 1 N–H and O–H groups in total. The molecule has 1 aromatic heterocycles. The van der Waals surface area contributed by atoms with Gasteiger partial charge in [0.1, 0.15) is 6.04 Å². The Labute approximate surface area is 243 Å². The van der Waals surface area contributed by atoms with Gasteiger partial charge in [-0.25, -0.2) is 0 Å². The highest BCUT2D eigenvalue weighted by molar-refractivity contribution is 6.13. The molecule has 0 unspecified atom stereocenters. The number of carbonyl (C=O) groups is 3. The van der Waals surface area contributed by atoms with Crippen molar-refractivity contribution in [2.24, 2.45) is 0 Å². The zero-order valence-electron chi connectivity index (χ0n) is 24.1.